The number of imide groups is 1. The van der Waals surface area contributed by atoms with E-state index in [0.29, 0.717) is 21.5 Å². The van der Waals surface area contributed by atoms with Gasteiger partial charge >= 0.3 is 12.1 Å². The maximum atomic E-state index is 13.2. The van der Waals surface area contributed by atoms with Crippen molar-refractivity contribution in [2.45, 2.75) is 45.6 Å². The zero-order valence-corrected chi connectivity index (χ0v) is 20.5. The van der Waals surface area contributed by atoms with Crippen LogP contribution in [0.15, 0.2) is 47.6 Å². The number of ether oxygens (including phenoxy) is 1. The predicted octanol–water partition coefficient (Wildman–Crippen LogP) is 5.67. The number of benzene rings is 2. The first kappa shape index (κ1) is 25.6. The van der Waals surface area contributed by atoms with Gasteiger partial charge in [0.15, 0.2) is 6.29 Å². The van der Waals surface area contributed by atoms with Crippen LogP contribution < -0.4 is 15.4 Å². The molecule has 3 rings (SSSR count). The van der Waals surface area contributed by atoms with Gasteiger partial charge in [0.1, 0.15) is 5.75 Å². The van der Waals surface area contributed by atoms with Crippen LogP contribution in [0.2, 0.25) is 10.0 Å². The van der Waals surface area contributed by atoms with Gasteiger partial charge in [-0.2, -0.15) is 4.91 Å². The molecule has 0 aromatic heterocycles. The lowest BCUT2D eigenvalue weighted by Gasteiger charge is -2.41. The normalized spacial score (nSPS) is 16.8. The van der Waals surface area contributed by atoms with Gasteiger partial charge in [0.05, 0.1) is 24.2 Å². The van der Waals surface area contributed by atoms with E-state index in [1.54, 1.807) is 30.3 Å². The third-order valence-electron chi connectivity index (χ3n) is 5.33. The molecule has 1 fully saturated rings. The average molecular weight is 508 g/mol. The molecule has 1 heterocycles. The quantitative estimate of drug-likeness (QED) is 0.301. The van der Waals surface area contributed by atoms with Crippen molar-refractivity contribution in [3.8, 4) is 5.75 Å². The summed E-state index contributed by atoms with van der Waals surface area (Å²) in [6.07, 6.45) is 0.296. The lowest BCUT2D eigenvalue weighted by atomic mass is 10.2. The van der Waals surface area contributed by atoms with Crippen LogP contribution in [0.3, 0.4) is 0 Å². The number of amides is 4. The first-order valence-electron chi connectivity index (χ1n) is 11.0. The number of halogens is 2. The van der Waals surface area contributed by atoms with Crippen LogP contribution in [-0.2, 0) is 6.54 Å². The van der Waals surface area contributed by atoms with Gasteiger partial charge < -0.3 is 10.1 Å². The van der Waals surface area contributed by atoms with E-state index in [-0.39, 0.29) is 32.2 Å². The van der Waals surface area contributed by atoms with Crippen molar-refractivity contribution in [1.82, 2.24) is 15.1 Å². The molecular weight excluding hydrogens is 481 g/mol. The van der Waals surface area contributed by atoms with Crippen molar-refractivity contribution in [1.29, 1.82) is 0 Å². The minimum absolute atomic E-state index is 0.0134. The summed E-state index contributed by atoms with van der Waals surface area (Å²) in [4.78, 5) is 38.9. The van der Waals surface area contributed by atoms with Crippen LogP contribution in [0.25, 0.3) is 0 Å². The monoisotopic (exact) mass is 507 g/mol. The molecule has 2 atom stereocenters. The zero-order valence-electron chi connectivity index (χ0n) is 19.0. The molecule has 0 aliphatic carbocycles. The minimum Gasteiger partial charge on any atom is -0.489 e. The molecule has 1 aliphatic heterocycles. The molecule has 0 bridgehead atoms. The first-order valence-corrected chi connectivity index (χ1v) is 11.7. The largest absolute Gasteiger partial charge is 0.489 e. The summed E-state index contributed by atoms with van der Waals surface area (Å²) in [6.45, 7) is 4.27. The Labute approximate surface area is 208 Å². The Kier molecular flexibility index (Phi) is 8.95. The third kappa shape index (κ3) is 6.51. The molecule has 1 unspecified atom stereocenters. The Morgan fingerprint density at radius 2 is 1.91 bits per heavy atom. The van der Waals surface area contributed by atoms with E-state index in [4.69, 9.17) is 27.9 Å². The van der Waals surface area contributed by atoms with E-state index >= 15 is 0 Å². The maximum Gasteiger partial charge on any atom is 0.331 e. The Morgan fingerprint density at radius 3 is 2.56 bits per heavy atom. The number of nitrogens with zero attached hydrogens (tertiary/aromatic N) is 3. The molecule has 2 N–H and O–H groups in total. The zero-order chi connectivity index (χ0) is 24.7. The van der Waals surface area contributed by atoms with Gasteiger partial charge in [0.2, 0.25) is 0 Å². The summed E-state index contributed by atoms with van der Waals surface area (Å²) in [6, 6.07) is 11.2. The van der Waals surface area contributed by atoms with Gasteiger partial charge in [-0.3, -0.25) is 10.2 Å². The second kappa shape index (κ2) is 11.9. The van der Waals surface area contributed by atoms with Crippen molar-refractivity contribution in [2.24, 2.45) is 5.18 Å². The molecule has 0 saturated carbocycles. The Hall–Kier alpha value is -3.04. The summed E-state index contributed by atoms with van der Waals surface area (Å²) in [5.74, 6) is 0.554. The second-order valence-corrected chi connectivity index (χ2v) is 8.72. The summed E-state index contributed by atoms with van der Waals surface area (Å²) in [5, 5.41) is 9.74. The highest BCUT2D eigenvalue weighted by Crippen LogP contribution is 2.30. The van der Waals surface area contributed by atoms with Crippen LogP contribution >= 0.6 is 23.2 Å². The Morgan fingerprint density at radius 1 is 1.18 bits per heavy atom. The highest BCUT2D eigenvalue weighted by molar-refractivity contribution is 6.32. The van der Waals surface area contributed by atoms with Crippen molar-refractivity contribution < 1.29 is 14.3 Å². The molecule has 34 heavy (non-hydrogen) atoms. The molecule has 0 radical (unpaired) electrons. The van der Waals surface area contributed by atoms with Crippen molar-refractivity contribution in [2.75, 3.05) is 18.4 Å². The average Bonchev–Trinajstić information content (AvgIpc) is 2.81. The fraction of sp³-hybridized carbons (Fsp3) is 0.391. The van der Waals surface area contributed by atoms with Crippen LogP contribution in [0, 0.1) is 4.91 Å². The van der Waals surface area contributed by atoms with E-state index in [2.05, 4.69) is 15.8 Å². The van der Waals surface area contributed by atoms with E-state index in [1.807, 2.05) is 26.0 Å². The molecule has 2 aromatic carbocycles. The molecule has 182 valence electrons. The Balaban J connectivity index is 1.82. The molecular formula is C23H27Cl2N5O4. The van der Waals surface area contributed by atoms with Crippen LogP contribution in [-0.4, -0.2) is 47.3 Å². The van der Waals surface area contributed by atoms with Gasteiger partial charge in [-0.1, -0.05) is 47.4 Å². The molecule has 9 nitrogen and oxygen atoms in total. The van der Waals surface area contributed by atoms with Crippen molar-refractivity contribution in [3.05, 3.63) is 63.0 Å². The molecule has 1 saturated heterocycles. The van der Waals surface area contributed by atoms with Gasteiger partial charge in [-0.25, -0.2) is 14.5 Å². The number of urea groups is 2. The molecule has 4 amide bonds. The SMILES string of the molecule is CC[C@@H](C)Oc1ccc(NC2NC(=O)N(CCCN=O)C(=O)N2Cc2ccc(Cl)cc2)cc1Cl. The van der Waals surface area contributed by atoms with Gasteiger partial charge in [-0.15, -0.1) is 0 Å². The number of nitroso groups, excluding NO2 is 1. The van der Waals surface area contributed by atoms with Crippen LogP contribution in [0.1, 0.15) is 32.3 Å². The predicted molar refractivity (Wildman–Crippen MR) is 132 cm³/mol. The lowest BCUT2D eigenvalue weighted by Crippen LogP contribution is -2.67. The minimum atomic E-state index is -0.839. The fourth-order valence-electron chi connectivity index (χ4n) is 3.32. The molecule has 1 aliphatic rings. The van der Waals surface area contributed by atoms with E-state index in [1.165, 1.54) is 4.90 Å². The molecule has 2 aromatic rings. The van der Waals surface area contributed by atoms with Gasteiger partial charge in [0.25, 0.3) is 0 Å². The number of carbonyl (C=O) groups excluding carboxylic acids is 2. The highest BCUT2D eigenvalue weighted by atomic mass is 35.5. The highest BCUT2D eigenvalue weighted by Gasteiger charge is 2.38. The fourth-order valence-corrected chi connectivity index (χ4v) is 3.67. The third-order valence-corrected chi connectivity index (χ3v) is 5.88. The molecule has 0 spiro atoms. The summed E-state index contributed by atoms with van der Waals surface area (Å²) in [7, 11) is 0. The summed E-state index contributed by atoms with van der Waals surface area (Å²) >= 11 is 12.4. The number of nitrogens with one attached hydrogen (secondary N) is 2. The first-order chi connectivity index (χ1) is 16.3. The number of carbonyl (C=O) groups is 2. The number of anilines is 1. The number of rotatable bonds is 11. The molecule has 11 heteroatoms. The van der Waals surface area contributed by atoms with Crippen molar-refractivity contribution >= 4 is 41.0 Å². The van der Waals surface area contributed by atoms with Crippen molar-refractivity contribution in [3.63, 3.8) is 0 Å². The van der Waals surface area contributed by atoms with Crippen LogP contribution in [0.5, 0.6) is 5.75 Å². The van der Waals surface area contributed by atoms with Gasteiger partial charge in [-0.05, 0) is 55.7 Å². The lowest BCUT2D eigenvalue weighted by molar-refractivity contribution is 0.106. The van der Waals surface area contributed by atoms with Gasteiger partial charge in [0, 0.05) is 17.3 Å². The second-order valence-electron chi connectivity index (χ2n) is 7.87. The standard InChI is InChI=1S/C23H27Cl2N5O4/c1-3-15(2)34-20-10-9-18(13-19(20)25)27-21-28-22(31)29(12-4-11-26-33)23(32)30(21)14-16-5-7-17(24)8-6-16/h5-10,13,15,21,27H,3-4,11-12,14H2,1-2H3,(H,28,31)/t15-,21?/m1/s1. The topological polar surface area (TPSA) is 103 Å². The number of hydrogen-bond donors (Lipinski definition) is 2. The van der Waals surface area contributed by atoms with Crippen LogP contribution in [0.4, 0.5) is 15.3 Å². The van der Waals surface area contributed by atoms with E-state index < -0.39 is 18.4 Å². The number of hydrogen-bond acceptors (Lipinski definition) is 6. The summed E-state index contributed by atoms with van der Waals surface area (Å²) < 4.78 is 5.80. The summed E-state index contributed by atoms with van der Waals surface area (Å²) in [5.41, 5.74) is 1.42. The van der Waals surface area contributed by atoms with E-state index in [0.717, 1.165) is 16.9 Å². The maximum absolute atomic E-state index is 13.2. The van der Waals surface area contributed by atoms with E-state index in [9.17, 15) is 14.5 Å². The smallest absolute Gasteiger partial charge is 0.331 e. The Bertz CT molecular complexity index is 1020.